The zero-order valence-corrected chi connectivity index (χ0v) is 15.4. The van der Waals surface area contributed by atoms with Gasteiger partial charge in [0.15, 0.2) is 6.10 Å². The van der Waals surface area contributed by atoms with E-state index in [0.717, 1.165) is 24.2 Å². The largest absolute Gasteiger partial charge is 0.496 e. The van der Waals surface area contributed by atoms with Crippen LogP contribution in [0.5, 0.6) is 11.5 Å². The van der Waals surface area contributed by atoms with Crippen LogP contribution >= 0.6 is 11.6 Å². The second-order valence-electron chi connectivity index (χ2n) is 5.68. The van der Waals surface area contributed by atoms with Crippen LogP contribution in [0, 0.1) is 0 Å². The number of benzene rings is 2. The van der Waals surface area contributed by atoms with Crippen LogP contribution in [-0.2, 0) is 11.2 Å². The average molecular weight is 362 g/mol. The Hall–Kier alpha value is -2.20. The number of rotatable bonds is 9. The van der Waals surface area contributed by atoms with E-state index in [1.54, 1.807) is 31.4 Å². The number of halogens is 1. The molecule has 0 radical (unpaired) electrons. The molecule has 0 aromatic heterocycles. The molecule has 0 saturated carbocycles. The fourth-order valence-electron chi connectivity index (χ4n) is 2.51. The molecular weight excluding hydrogens is 338 g/mol. The van der Waals surface area contributed by atoms with E-state index in [1.165, 1.54) is 0 Å². The summed E-state index contributed by atoms with van der Waals surface area (Å²) in [7, 11) is 1.67. The minimum atomic E-state index is -0.507. The van der Waals surface area contributed by atoms with Gasteiger partial charge in [-0.1, -0.05) is 36.7 Å². The topological polar surface area (TPSA) is 47.6 Å². The Labute approximate surface area is 154 Å². The maximum Gasteiger partial charge on any atom is 0.261 e. The van der Waals surface area contributed by atoms with Crippen LogP contribution < -0.4 is 14.8 Å². The first-order valence-corrected chi connectivity index (χ1v) is 8.83. The quantitative estimate of drug-likeness (QED) is 0.679. The number of amides is 1. The zero-order valence-electron chi connectivity index (χ0n) is 14.6. The number of methoxy groups -OCH3 is 1. The summed E-state index contributed by atoms with van der Waals surface area (Å²) >= 11 is 5.86. The first kappa shape index (κ1) is 19.1. The molecule has 0 spiro atoms. The summed E-state index contributed by atoms with van der Waals surface area (Å²) in [4.78, 5) is 12.3. The molecule has 0 bridgehead atoms. The first-order chi connectivity index (χ1) is 12.1. The minimum Gasteiger partial charge on any atom is -0.496 e. The molecule has 25 heavy (non-hydrogen) atoms. The Balaban J connectivity index is 1.78. The molecule has 1 N–H and O–H groups in total. The molecule has 0 aliphatic heterocycles. The molecule has 0 aliphatic rings. The lowest BCUT2D eigenvalue weighted by molar-refractivity contribution is -0.128. The third-order valence-corrected chi connectivity index (χ3v) is 4.12. The predicted octanol–water partition coefficient (Wildman–Crippen LogP) is 4.26. The highest BCUT2D eigenvalue weighted by molar-refractivity contribution is 6.30. The molecule has 0 aliphatic carbocycles. The summed E-state index contributed by atoms with van der Waals surface area (Å²) in [6.07, 6.45) is 1.77. The molecule has 2 aromatic rings. The van der Waals surface area contributed by atoms with Gasteiger partial charge in [0, 0.05) is 11.6 Å². The SMILES string of the molecule is CC[C@@H](Oc1ccc(Cl)cc1)C(=O)NCCCc1ccccc1OC. The summed E-state index contributed by atoms with van der Waals surface area (Å²) < 4.78 is 11.1. The lowest BCUT2D eigenvalue weighted by atomic mass is 10.1. The lowest BCUT2D eigenvalue weighted by Gasteiger charge is -2.17. The van der Waals surface area contributed by atoms with E-state index < -0.39 is 6.10 Å². The number of hydrogen-bond acceptors (Lipinski definition) is 3. The molecule has 0 unspecified atom stereocenters. The number of ether oxygens (including phenoxy) is 2. The fraction of sp³-hybridized carbons (Fsp3) is 0.350. The van der Waals surface area contributed by atoms with E-state index in [2.05, 4.69) is 5.32 Å². The number of aryl methyl sites for hydroxylation is 1. The van der Waals surface area contributed by atoms with Gasteiger partial charge in [-0.05, 0) is 55.2 Å². The van der Waals surface area contributed by atoms with Crippen molar-refractivity contribution in [3.05, 3.63) is 59.1 Å². The van der Waals surface area contributed by atoms with Gasteiger partial charge < -0.3 is 14.8 Å². The smallest absolute Gasteiger partial charge is 0.261 e. The molecular formula is C20H24ClNO3. The number of para-hydroxylation sites is 1. The van der Waals surface area contributed by atoms with Crippen molar-refractivity contribution in [1.82, 2.24) is 5.32 Å². The van der Waals surface area contributed by atoms with E-state index in [1.807, 2.05) is 31.2 Å². The maximum atomic E-state index is 12.3. The van der Waals surface area contributed by atoms with Crippen molar-refractivity contribution in [1.29, 1.82) is 0 Å². The maximum absolute atomic E-state index is 12.3. The third-order valence-electron chi connectivity index (χ3n) is 3.87. The van der Waals surface area contributed by atoms with Crippen molar-refractivity contribution in [3.63, 3.8) is 0 Å². The van der Waals surface area contributed by atoms with Crippen LogP contribution in [0.15, 0.2) is 48.5 Å². The van der Waals surface area contributed by atoms with Gasteiger partial charge in [-0.25, -0.2) is 0 Å². The summed E-state index contributed by atoms with van der Waals surface area (Å²) in [6, 6.07) is 14.9. The summed E-state index contributed by atoms with van der Waals surface area (Å²) in [6.45, 7) is 2.52. The van der Waals surface area contributed by atoms with E-state index >= 15 is 0 Å². The zero-order chi connectivity index (χ0) is 18.1. The van der Waals surface area contributed by atoms with Crippen molar-refractivity contribution in [2.45, 2.75) is 32.3 Å². The standard InChI is InChI=1S/C20H24ClNO3/c1-3-18(25-17-12-10-16(21)11-13-17)20(23)22-14-6-8-15-7-4-5-9-19(15)24-2/h4-5,7,9-13,18H,3,6,8,14H2,1-2H3,(H,22,23)/t18-/m1/s1. The summed E-state index contributed by atoms with van der Waals surface area (Å²) in [5, 5.41) is 3.58. The van der Waals surface area contributed by atoms with E-state index in [9.17, 15) is 4.79 Å². The van der Waals surface area contributed by atoms with Gasteiger partial charge in [0.05, 0.1) is 7.11 Å². The van der Waals surface area contributed by atoms with E-state index in [0.29, 0.717) is 23.7 Å². The molecule has 1 amide bonds. The molecule has 2 rings (SSSR count). The van der Waals surface area contributed by atoms with Crippen molar-refractivity contribution >= 4 is 17.5 Å². The van der Waals surface area contributed by atoms with Crippen molar-refractivity contribution in [2.24, 2.45) is 0 Å². The van der Waals surface area contributed by atoms with Crippen LogP contribution in [0.1, 0.15) is 25.3 Å². The number of carbonyl (C=O) groups is 1. The highest BCUT2D eigenvalue weighted by Gasteiger charge is 2.17. The normalized spacial score (nSPS) is 11.6. The molecule has 2 aromatic carbocycles. The number of carbonyl (C=O) groups excluding carboxylic acids is 1. The third kappa shape index (κ3) is 5.98. The molecule has 4 nitrogen and oxygen atoms in total. The molecule has 1 atom stereocenters. The Morgan fingerprint density at radius 3 is 2.56 bits per heavy atom. The van der Waals surface area contributed by atoms with Crippen LogP contribution in [0.2, 0.25) is 5.02 Å². The Bertz CT molecular complexity index is 673. The van der Waals surface area contributed by atoms with Gasteiger partial charge >= 0.3 is 0 Å². The first-order valence-electron chi connectivity index (χ1n) is 8.46. The van der Waals surface area contributed by atoms with Crippen LogP contribution in [0.25, 0.3) is 0 Å². The summed E-state index contributed by atoms with van der Waals surface area (Å²) in [5.41, 5.74) is 1.14. The number of nitrogens with one attached hydrogen (secondary N) is 1. The van der Waals surface area contributed by atoms with Crippen molar-refractivity contribution in [3.8, 4) is 11.5 Å². The van der Waals surface area contributed by atoms with E-state index in [4.69, 9.17) is 21.1 Å². The second-order valence-corrected chi connectivity index (χ2v) is 6.11. The van der Waals surface area contributed by atoms with Gasteiger partial charge in [-0.3, -0.25) is 4.79 Å². The Kier molecular flexibility index (Phi) is 7.61. The molecule has 134 valence electrons. The van der Waals surface area contributed by atoms with Crippen molar-refractivity contribution in [2.75, 3.05) is 13.7 Å². The van der Waals surface area contributed by atoms with Gasteiger partial charge in [0.1, 0.15) is 11.5 Å². The predicted molar refractivity (Wildman–Crippen MR) is 100 cm³/mol. The van der Waals surface area contributed by atoms with Crippen LogP contribution in [-0.4, -0.2) is 25.7 Å². The second kappa shape index (κ2) is 9.94. The van der Waals surface area contributed by atoms with Gasteiger partial charge in [0.25, 0.3) is 5.91 Å². The van der Waals surface area contributed by atoms with Crippen LogP contribution in [0.4, 0.5) is 0 Å². The van der Waals surface area contributed by atoms with Crippen molar-refractivity contribution < 1.29 is 14.3 Å². The van der Waals surface area contributed by atoms with E-state index in [-0.39, 0.29) is 5.91 Å². The lowest BCUT2D eigenvalue weighted by Crippen LogP contribution is -2.38. The Morgan fingerprint density at radius 2 is 1.88 bits per heavy atom. The minimum absolute atomic E-state index is 0.0996. The highest BCUT2D eigenvalue weighted by Crippen LogP contribution is 2.19. The molecule has 5 heteroatoms. The number of hydrogen-bond donors (Lipinski definition) is 1. The Morgan fingerprint density at radius 1 is 1.16 bits per heavy atom. The highest BCUT2D eigenvalue weighted by atomic mass is 35.5. The molecule has 0 fully saturated rings. The molecule has 0 saturated heterocycles. The average Bonchev–Trinajstić information content (AvgIpc) is 2.64. The molecule has 0 heterocycles. The van der Waals surface area contributed by atoms with Gasteiger partial charge in [-0.15, -0.1) is 0 Å². The van der Waals surface area contributed by atoms with Crippen LogP contribution in [0.3, 0.4) is 0 Å². The van der Waals surface area contributed by atoms with Gasteiger partial charge in [-0.2, -0.15) is 0 Å². The van der Waals surface area contributed by atoms with Gasteiger partial charge in [0.2, 0.25) is 0 Å². The monoisotopic (exact) mass is 361 g/mol. The summed E-state index contributed by atoms with van der Waals surface area (Å²) in [5.74, 6) is 1.42. The fourth-order valence-corrected chi connectivity index (χ4v) is 2.64.